The number of rotatable bonds is 10. The normalized spacial score (nSPS) is 11.7. The average molecular weight is 368 g/mol. The number of unbranched alkanes of at least 4 members (excludes halogenated alkanes) is 1. The molecule has 1 amide bonds. The molecule has 6 heteroatoms. The van der Waals surface area contributed by atoms with Gasteiger partial charge in [-0.2, -0.15) is 0 Å². The highest BCUT2D eigenvalue weighted by molar-refractivity contribution is 6.30. The molecule has 0 aliphatic carbocycles. The predicted molar refractivity (Wildman–Crippen MR) is 97.7 cm³/mol. The Bertz CT molecular complexity index is 586. The summed E-state index contributed by atoms with van der Waals surface area (Å²) < 4.78 is 4.72. The second-order valence-electron chi connectivity index (χ2n) is 6.05. The summed E-state index contributed by atoms with van der Waals surface area (Å²) in [6.45, 7) is 4.65. The Morgan fingerprint density at radius 2 is 1.80 bits per heavy atom. The van der Waals surface area contributed by atoms with Crippen LogP contribution in [0.3, 0.4) is 0 Å². The summed E-state index contributed by atoms with van der Waals surface area (Å²) in [4.78, 5) is 37.9. The van der Waals surface area contributed by atoms with Gasteiger partial charge in [0.1, 0.15) is 0 Å². The second-order valence-corrected chi connectivity index (χ2v) is 6.48. The molecular weight excluding hydrogens is 342 g/mol. The highest BCUT2D eigenvalue weighted by Gasteiger charge is 2.21. The van der Waals surface area contributed by atoms with E-state index in [0.29, 0.717) is 23.7 Å². The van der Waals surface area contributed by atoms with Crippen molar-refractivity contribution in [3.63, 3.8) is 0 Å². The zero-order chi connectivity index (χ0) is 18.8. The maximum absolute atomic E-state index is 12.5. The fourth-order valence-electron chi connectivity index (χ4n) is 2.43. The zero-order valence-electron chi connectivity index (χ0n) is 15.1. The first-order valence-electron chi connectivity index (χ1n) is 8.53. The van der Waals surface area contributed by atoms with E-state index < -0.39 is 5.92 Å². The number of halogens is 1. The van der Waals surface area contributed by atoms with E-state index in [2.05, 4.69) is 0 Å². The Balaban J connectivity index is 2.62. The van der Waals surface area contributed by atoms with Crippen LogP contribution < -0.4 is 0 Å². The van der Waals surface area contributed by atoms with E-state index in [1.54, 1.807) is 36.1 Å². The summed E-state index contributed by atoms with van der Waals surface area (Å²) >= 11 is 5.81. The molecule has 0 aliphatic heterocycles. The minimum atomic E-state index is -0.391. The lowest BCUT2D eigenvalue weighted by molar-refractivity contribution is -0.146. The standard InChI is InChI=1S/C19H26ClNO4/c1-4-5-12-21(13-14(2)19(24)25-3)18(23)11-10-17(22)15-6-8-16(20)9-7-15/h6-9,14H,4-5,10-13H2,1-3H3. The molecule has 1 aromatic rings. The number of ketones is 1. The number of benzene rings is 1. The smallest absolute Gasteiger partial charge is 0.310 e. The largest absolute Gasteiger partial charge is 0.469 e. The number of amides is 1. The molecule has 0 saturated heterocycles. The number of hydrogen-bond acceptors (Lipinski definition) is 4. The minimum absolute atomic E-state index is 0.0959. The molecule has 1 aromatic carbocycles. The third kappa shape index (κ3) is 7.26. The maximum atomic E-state index is 12.5. The number of hydrogen-bond donors (Lipinski definition) is 0. The monoisotopic (exact) mass is 367 g/mol. The topological polar surface area (TPSA) is 63.7 Å². The van der Waals surface area contributed by atoms with Gasteiger partial charge in [-0.15, -0.1) is 0 Å². The minimum Gasteiger partial charge on any atom is -0.469 e. The Labute approximate surface area is 154 Å². The van der Waals surface area contributed by atoms with Crippen molar-refractivity contribution < 1.29 is 19.1 Å². The molecule has 0 bridgehead atoms. The Morgan fingerprint density at radius 3 is 2.36 bits per heavy atom. The Hall–Kier alpha value is -1.88. The number of carbonyl (C=O) groups excluding carboxylic acids is 3. The highest BCUT2D eigenvalue weighted by Crippen LogP contribution is 2.13. The number of carbonyl (C=O) groups is 3. The predicted octanol–water partition coefficient (Wildman–Crippen LogP) is 3.74. The lowest BCUT2D eigenvalue weighted by Crippen LogP contribution is -2.38. The number of ether oxygens (including phenoxy) is 1. The van der Waals surface area contributed by atoms with E-state index >= 15 is 0 Å². The van der Waals surface area contributed by atoms with E-state index in [1.165, 1.54) is 7.11 Å². The van der Waals surface area contributed by atoms with Crippen molar-refractivity contribution >= 4 is 29.3 Å². The molecule has 0 aliphatic rings. The van der Waals surface area contributed by atoms with Gasteiger partial charge in [-0.1, -0.05) is 31.9 Å². The van der Waals surface area contributed by atoms with Crippen molar-refractivity contribution in [1.29, 1.82) is 0 Å². The van der Waals surface area contributed by atoms with Gasteiger partial charge in [-0.3, -0.25) is 14.4 Å². The fourth-order valence-corrected chi connectivity index (χ4v) is 2.56. The van der Waals surface area contributed by atoms with Crippen molar-refractivity contribution in [2.75, 3.05) is 20.2 Å². The maximum Gasteiger partial charge on any atom is 0.310 e. The van der Waals surface area contributed by atoms with Gasteiger partial charge < -0.3 is 9.64 Å². The lowest BCUT2D eigenvalue weighted by atomic mass is 10.1. The molecular formula is C19H26ClNO4. The van der Waals surface area contributed by atoms with Crippen LogP contribution in [-0.2, 0) is 14.3 Å². The number of nitrogens with zero attached hydrogens (tertiary/aromatic N) is 1. The van der Waals surface area contributed by atoms with Gasteiger partial charge >= 0.3 is 5.97 Å². The summed E-state index contributed by atoms with van der Waals surface area (Å²) in [6, 6.07) is 6.62. The van der Waals surface area contributed by atoms with Crippen molar-refractivity contribution in [2.24, 2.45) is 5.92 Å². The quantitative estimate of drug-likeness (QED) is 0.466. The van der Waals surface area contributed by atoms with E-state index in [4.69, 9.17) is 16.3 Å². The zero-order valence-corrected chi connectivity index (χ0v) is 15.8. The molecule has 25 heavy (non-hydrogen) atoms. The van der Waals surface area contributed by atoms with Crippen LogP contribution in [0, 0.1) is 5.92 Å². The molecule has 1 unspecified atom stereocenters. The molecule has 0 spiro atoms. The van der Waals surface area contributed by atoms with Gasteiger partial charge in [0.15, 0.2) is 5.78 Å². The van der Waals surface area contributed by atoms with Gasteiger partial charge in [0.25, 0.3) is 0 Å². The van der Waals surface area contributed by atoms with Crippen molar-refractivity contribution in [1.82, 2.24) is 4.90 Å². The van der Waals surface area contributed by atoms with Crippen LogP contribution in [0.25, 0.3) is 0 Å². The van der Waals surface area contributed by atoms with Gasteiger partial charge in [0, 0.05) is 36.5 Å². The summed E-state index contributed by atoms with van der Waals surface area (Å²) in [5.74, 6) is -0.947. The molecule has 0 fully saturated rings. The van der Waals surface area contributed by atoms with Crippen molar-refractivity contribution in [3.8, 4) is 0 Å². The second kappa shape index (κ2) is 10.9. The molecule has 1 atom stereocenters. The first-order valence-corrected chi connectivity index (χ1v) is 8.91. The van der Waals surface area contributed by atoms with Gasteiger partial charge in [0.05, 0.1) is 13.0 Å². The van der Waals surface area contributed by atoms with Crippen LogP contribution in [0.1, 0.15) is 49.9 Å². The van der Waals surface area contributed by atoms with E-state index in [0.717, 1.165) is 12.8 Å². The SMILES string of the molecule is CCCCN(CC(C)C(=O)OC)C(=O)CCC(=O)c1ccc(Cl)cc1. The van der Waals surface area contributed by atoms with Crippen LogP contribution in [-0.4, -0.2) is 42.8 Å². The highest BCUT2D eigenvalue weighted by atomic mass is 35.5. The summed E-state index contributed by atoms with van der Waals surface area (Å²) in [5.41, 5.74) is 0.542. The number of Topliss-reactive ketones (excluding diaryl/α,β-unsaturated/α-hetero) is 1. The molecule has 0 saturated carbocycles. The summed E-state index contributed by atoms with van der Waals surface area (Å²) in [5, 5.41) is 0.565. The summed E-state index contributed by atoms with van der Waals surface area (Å²) in [7, 11) is 1.34. The molecule has 1 rings (SSSR count). The first-order chi connectivity index (χ1) is 11.9. The lowest BCUT2D eigenvalue weighted by Gasteiger charge is -2.25. The molecule has 138 valence electrons. The van der Waals surface area contributed by atoms with Crippen LogP contribution in [0.15, 0.2) is 24.3 Å². The molecule has 0 N–H and O–H groups in total. The third-order valence-electron chi connectivity index (χ3n) is 3.96. The molecule has 0 aromatic heterocycles. The number of esters is 1. The van der Waals surface area contributed by atoms with E-state index in [1.807, 2.05) is 6.92 Å². The molecule has 5 nitrogen and oxygen atoms in total. The Morgan fingerprint density at radius 1 is 1.16 bits per heavy atom. The van der Waals surface area contributed by atoms with Crippen LogP contribution in [0.5, 0.6) is 0 Å². The van der Waals surface area contributed by atoms with Crippen molar-refractivity contribution in [2.45, 2.75) is 39.5 Å². The average Bonchev–Trinajstić information content (AvgIpc) is 2.62. The molecule has 0 radical (unpaired) electrons. The third-order valence-corrected chi connectivity index (χ3v) is 4.22. The van der Waals surface area contributed by atoms with Crippen LogP contribution in [0.4, 0.5) is 0 Å². The van der Waals surface area contributed by atoms with Gasteiger partial charge in [-0.25, -0.2) is 0 Å². The fraction of sp³-hybridized carbons (Fsp3) is 0.526. The van der Waals surface area contributed by atoms with Crippen molar-refractivity contribution in [3.05, 3.63) is 34.9 Å². The molecule has 0 heterocycles. The number of methoxy groups -OCH3 is 1. The van der Waals surface area contributed by atoms with E-state index in [-0.39, 0.29) is 30.5 Å². The van der Waals surface area contributed by atoms with Gasteiger partial charge in [0.2, 0.25) is 5.91 Å². The van der Waals surface area contributed by atoms with E-state index in [9.17, 15) is 14.4 Å². The Kier molecular flexibility index (Phi) is 9.21. The van der Waals surface area contributed by atoms with Crippen LogP contribution in [0.2, 0.25) is 5.02 Å². The van der Waals surface area contributed by atoms with Gasteiger partial charge in [-0.05, 0) is 30.7 Å². The van der Waals surface area contributed by atoms with Crippen LogP contribution >= 0.6 is 11.6 Å². The first kappa shape index (κ1) is 21.2. The summed E-state index contributed by atoms with van der Waals surface area (Å²) in [6.07, 6.45) is 2.06.